The summed E-state index contributed by atoms with van der Waals surface area (Å²) < 4.78 is 14.9. The fourth-order valence-electron chi connectivity index (χ4n) is 4.56. The minimum Gasteiger partial charge on any atom is -0.508 e. The van der Waals surface area contributed by atoms with Crippen molar-refractivity contribution < 1.29 is 14.3 Å². The van der Waals surface area contributed by atoms with E-state index in [1.54, 1.807) is 24.3 Å². The Labute approximate surface area is 165 Å². The Kier molecular flexibility index (Phi) is 5.36. The summed E-state index contributed by atoms with van der Waals surface area (Å²) in [5.74, 6) is 0.149. The van der Waals surface area contributed by atoms with Gasteiger partial charge in [0.2, 0.25) is 5.91 Å². The summed E-state index contributed by atoms with van der Waals surface area (Å²) in [6.45, 7) is 4.42. The zero-order chi connectivity index (χ0) is 19.7. The number of carbonyl (C=O) groups excluding carboxylic acids is 1. The van der Waals surface area contributed by atoms with E-state index in [9.17, 15) is 14.3 Å². The standard InChI is InChI=1S/C23H27FN2O2/c1-16-3-2-4-17(13-16)14-26-12-10-22(23(26)28)25-11-9-20(21(24)15-25)18-5-7-19(27)8-6-18/h2-8,13,20-22,27H,9-12,14-15H2,1H3/t20-,21+,22?/m0/s1. The van der Waals surface area contributed by atoms with Crippen molar-refractivity contribution in [3.8, 4) is 5.75 Å². The third-order valence-electron chi connectivity index (χ3n) is 6.06. The second kappa shape index (κ2) is 7.92. The lowest BCUT2D eigenvalue weighted by molar-refractivity contribution is -0.133. The summed E-state index contributed by atoms with van der Waals surface area (Å²) in [5.41, 5.74) is 3.25. The van der Waals surface area contributed by atoms with Crippen LogP contribution in [0.15, 0.2) is 48.5 Å². The highest BCUT2D eigenvalue weighted by atomic mass is 19.1. The van der Waals surface area contributed by atoms with Gasteiger partial charge in [0.15, 0.2) is 0 Å². The Balaban J connectivity index is 1.38. The highest BCUT2D eigenvalue weighted by Crippen LogP contribution is 2.33. The molecule has 0 aromatic heterocycles. The van der Waals surface area contributed by atoms with E-state index in [1.807, 2.05) is 21.9 Å². The molecule has 5 heteroatoms. The van der Waals surface area contributed by atoms with Crippen LogP contribution >= 0.6 is 0 Å². The first-order chi connectivity index (χ1) is 13.5. The lowest BCUT2D eigenvalue weighted by atomic mass is 9.87. The van der Waals surface area contributed by atoms with Gasteiger partial charge in [-0.1, -0.05) is 42.0 Å². The van der Waals surface area contributed by atoms with E-state index in [0.717, 1.165) is 30.6 Å². The molecule has 2 aromatic carbocycles. The number of phenols is 1. The number of aryl methyl sites for hydroxylation is 1. The summed E-state index contributed by atoms with van der Waals surface area (Å²) in [6, 6.07) is 14.8. The number of alkyl halides is 1. The van der Waals surface area contributed by atoms with Crippen LogP contribution in [0.1, 0.15) is 35.4 Å². The van der Waals surface area contributed by atoms with Gasteiger partial charge in [0.05, 0.1) is 6.04 Å². The van der Waals surface area contributed by atoms with Crippen LogP contribution in [-0.2, 0) is 11.3 Å². The maximum Gasteiger partial charge on any atom is 0.240 e. The Hall–Kier alpha value is -2.40. The average molecular weight is 382 g/mol. The van der Waals surface area contributed by atoms with E-state index in [4.69, 9.17) is 0 Å². The van der Waals surface area contributed by atoms with E-state index in [2.05, 4.69) is 19.1 Å². The molecular weight excluding hydrogens is 355 g/mol. The van der Waals surface area contributed by atoms with Crippen LogP contribution in [0.25, 0.3) is 0 Å². The molecule has 1 N–H and O–H groups in total. The average Bonchev–Trinajstić information content (AvgIpc) is 3.03. The van der Waals surface area contributed by atoms with Crippen molar-refractivity contribution in [2.24, 2.45) is 0 Å². The van der Waals surface area contributed by atoms with Gasteiger partial charge in [-0.15, -0.1) is 0 Å². The zero-order valence-electron chi connectivity index (χ0n) is 16.2. The third kappa shape index (κ3) is 3.90. The van der Waals surface area contributed by atoms with Crippen molar-refractivity contribution >= 4 is 5.91 Å². The molecule has 2 saturated heterocycles. The largest absolute Gasteiger partial charge is 0.508 e. The number of halogens is 1. The molecule has 2 fully saturated rings. The topological polar surface area (TPSA) is 43.8 Å². The van der Waals surface area contributed by atoms with E-state index >= 15 is 0 Å². The number of aromatic hydroxyl groups is 1. The van der Waals surface area contributed by atoms with Gasteiger partial charge in [-0.25, -0.2) is 4.39 Å². The molecule has 2 aliphatic heterocycles. The van der Waals surface area contributed by atoms with Gasteiger partial charge in [-0.2, -0.15) is 0 Å². The smallest absolute Gasteiger partial charge is 0.240 e. The number of rotatable bonds is 4. The van der Waals surface area contributed by atoms with Crippen LogP contribution in [0.3, 0.4) is 0 Å². The van der Waals surface area contributed by atoms with Crippen LogP contribution < -0.4 is 0 Å². The van der Waals surface area contributed by atoms with E-state index in [-0.39, 0.29) is 23.6 Å². The molecule has 4 nitrogen and oxygen atoms in total. The van der Waals surface area contributed by atoms with Crippen LogP contribution in [0, 0.1) is 6.92 Å². The van der Waals surface area contributed by atoms with Crippen molar-refractivity contribution in [3.05, 3.63) is 65.2 Å². The molecule has 4 rings (SSSR count). The molecule has 1 amide bonds. The monoisotopic (exact) mass is 382 g/mol. The SMILES string of the molecule is Cc1cccc(CN2CCC(N3CC[C@@H](c4ccc(O)cc4)[C@H](F)C3)C2=O)c1. The van der Waals surface area contributed by atoms with Crippen molar-refractivity contribution in [2.45, 2.75) is 44.4 Å². The van der Waals surface area contributed by atoms with Gasteiger partial charge in [0, 0.05) is 25.6 Å². The summed E-state index contributed by atoms with van der Waals surface area (Å²) in [6.07, 6.45) is 0.450. The number of phenolic OH excluding ortho intramolecular Hbond substituents is 1. The number of likely N-dealkylation sites (tertiary alicyclic amines) is 2. The summed E-state index contributed by atoms with van der Waals surface area (Å²) >= 11 is 0. The third-order valence-corrected chi connectivity index (χ3v) is 6.06. The van der Waals surface area contributed by atoms with Crippen LogP contribution in [0.4, 0.5) is 4.39 Å². The Morgan fingerprint density at radius 3 is 2.61 bits per heavy atom. The van der Waals surface area contributed by atoms with Gasteiger partial charge in [0.1, 0.15) is 11.9 Å². The minimum atomic E-state index is -1.00. The van der Waals surface area contributed by atoms with Crippen molar-refractivity contribution in [2.75, 3.05) is 19.6 Å². The highest BCUT2D eigenvalue weighted by molar-refractivity contribution is 5.84. The predicted octanol–water partition coefficient (Wildman–Crippen LogP) is 3.63. The molecular formula is C23H27FN2O2. The first kappa shape index (κ1) is 18.9. The maximum absolute atomic E-state index is 14.9. The summed E-state index contributed by atoms with van der Waals surface area (Å²) in [4.78, 5) is 16.9. The Bertz CT molecular complexity index is 839. The van der Waals surface area contributed by atoms with E-state index in [0.29, 0.717) is 19.5 Å². The molecule has 0 aliphatic carbocycles. The number of hydrogen-bond acceptors (Lipinski definition) is 3. The summed E-state index contributed by atoms with van der Waals surface area (Å²) in [5, 5.41) is 9.44. The minimum absolute atomic E-state index is 0.122. The normalized spacial score (nSPS) is 26.0. The zero-order valence-corrected chi connectivity index (χ0v) is 16.2. The molecule has 2 aliphatic rings. The predicted molar refractivity (Wildman–Crippen MR) is 107 cm³/mol. The second-order valence-electron chi connectivity index (χ2n) is 8.05. The number of hydrogen-bond donors (Lipinski definition) is 1. The number of amides is 1. The van der Waals surface area contributed by atoms with Crippen LogP contribution in [-0.4, -0.2) is 52.7 Å². The Morgan fingerprint density at radius 2 is 1.89 bits per heavy atom. The van der Waals surface area contributed by atoms with E-state index < -0.39 is 6.17 Å². The van der Waals surface area contributed by atoms with Crippen molar-refractivity contribution in [1.29, 1.82) is 0 Å². The highest BCUT2D eigenvalue weighted by Gasteiger charge is 2.40. The lowest BCUT2D eigenvalue weighted by Gasteiger charge is -2.37. The molecule has 2 aromatic rings. The molecule has 0 bridgehead atoms. The lowest BCUT2D eigenvalue weighted by Crippen LogP contribution is -2.49. The quantitative estimate of drug-likeness (QED) is 0.878. The van der Waals surface area contributed by atoms with Crippen LogP contribution in [0.5, 0.6) is 5.75 Å². The Morgan fingerprint density at radius 1 is 1.11 bits per heavy atom. The maximum atomic E-state index is 14.9. The molecule has 2 heterocycles. The number of nitrogens with zero attached hydrogens (tertiary/aromatic N) is 2. The molecule has 28 heavy (non-hydrogen) atoms. The van der Waals surface area contributed by atoms with Crippen molar-refractivity contribution in [3.63, 3.8) is 0 Å². The number of carbonyl (C=O) groups is 1. The molecule has 0 radical (unpaired) electrons. The number of benzene rings is 2. The van der Waals surface area contributed by atoms with E-state index in [1.165, 1.54) is 5.56 Å². The molecule has 0 saturated carbocycles. The fourth-order valence-corrected chi connectivity index (χ4v) is 4.56. The fraction of sp³-hybridized carbons (Fsp3) is 0.435. The molecule has 0 spiro atoms. The molecule has 148 valence electrons. The molecule has 1 unspecified atom stereocenters. The number of piperidine rings is 1. The van der Waals surface area contributed by atoms with Crippen LogP contribution in [0.2, 0.25) is 0 Å². The summed E-state index contributed by atoms with van der Waals surface area (Å²) in [7, 11) is 0. The van der Waals surface area contributed by atoms with Gasteiger partial charge >= 0.3 is 0 Å². The van der Waals surface area contributed by atoms with Gasteiger partial charge in [0.25, 0.3) is 0 Å². The van der Waals surface area contributed by atoms with Gasteiger partial charge in [-0.3, -0.25) is 9.69 Å². The van der Waals surface area contributed by atoms with Gasteiger partial charge in [-0.05, 0) is 49.6 Å². The first-order valence-electron chi connectivity index (χ1n) is 10.0. The van der Waals surface area contributed by atoms with Crippen molar-refractivity contribution in [1.82, 2.24) is 9.80 Å². The first-order valence-corrected chi connectivity index (χ1v) is 10.0. The van der Waals surface area contributed by atoms with Gasteiger partial charge < -0.3 is 10.0 Å². The molecule has 3 atom stereocenters. The second-order valence-corrected chi connectivity index (χ2v) is 8.05.